The summed E-state index contributed by atoms with van der Waals surface area (Å²) in [5.41, 5.74) is 0.190. The summed E-state index contributed by atoms with van der Waals surface area (Å²) < 4.78 is 5.19. The second-order valence-corrected chi connectivity index (χ2v) is 5.14. The number of nitriles is 1. The fourth-order valence-corrected chi connectivity index (χ4v) is 1.70. The number of ether oxygens (including phenoxy) is 1. The Morgan fingerprint density at radius 1 is 1.44 bits per heavy atom. The molecular weight excluding hydrogens is 200 g/mol. The molecule has 0 aromatic carbocycles. The molecular formula is C13H26N2O. The summed E-state index contributed by atoms with van der Waals surface area (Å²) >= 11 is 0. The topological polar surface area (TPSA) is 45.0 Å². The minimum Gasteiger partial charge on any atom is -0.383 e. The van der Waals surface area contributed by atoms with Crippen molar-refractivity contribution in [1.29, 1.82) is 5.26 Å². The highest BCUT2D eigenvalue weighted by Gasteiger charge is 2.19. The molecule has 0 saturated carbocycles. The van der Waals surface area contributed by atoms with Gasteiger partial charge in [-0.3, -0.25) is 0 Å². The van der Waals surface area contributed by atoms with Crippen molar-refractivity contribution in [3.63, 3.8) is 0 Å². The first-order chi connectivity index (χ1) is 7.55. The van der Waals surface area contributed by atoms with Gasteiger partial charge in [0.15, 0.2) is 0 Å². The molecule has 16 heavy (non-hydrogen) atoms. The zero-order chi connectivity index (χ0) is 12.4. The van der Waals surface area contributed by atoms with Crippen molar-refractivity contribution in [2.24, 2.45) is 5.41 Å². The van der Waals surface area contributed by atoms with Crippen LogP contribution in [-0.4, -0.2) is 26.3 Å². The van der Waals surface area contributed by atoms with Crippen LogP contribution in [0, 0.1) is 16.7 Å². The summed E-state index contributed by atoms with van der Waals surface area (Å²) in [5.74, 6) is 0. The normalized spacial score (nSPS) is 13.4. The number of hydrogen-bond donors (Lipinski definition) is 1. The van der Waals surface area contributed by atoms with E-state index >= 15 is 0 Å². The van der Waals surface area contributed by atoms with E-state index in [4.69, 9.17) is 10.00 Å². The molecule has 3 nitrogen and oxygen atoms in total. The zero-order valence-electron chi connectivity index (χ0n) is 11.2. The maximum absolute atomic E-state index is 8.59. The second-order valence-electron chi connectivity index (χ2n) is 5.14. The molecule has 1 unspecified atom stereocenters. The minimum atomic E-state index is 0.190. The van der Waals surface area contributed by atoms with Gasteiger partial charge >= 0.3 is 0 Å². The summed E-state index contributed by atoms with van der Waals surface area (Å²) in [7, 11) is 1.74. The molecule has 1 atom stereocenters. The average Bonchev–Trinajstić information content (AvgIpc) is 2.24. The third-order valence-electron chi connectivity index (χ3n) is 2.79. The van der Waals surface area contributed by atoms with Crippen molar-refractivity contribution in [3.8, 4) is 6.07 Å². The fraction of sp³-hybridized carbons (Fsp3) is 0.923. The largest absolute Gasteiger partial charge is 0.383 e. The molecule has 0 aliphatic rings. The predicted octanol–water partition coefficient (Wildman–Crippen LogP) is 2.72. The maximum Gasteiger partial charge on any atom is 0.0621 e. The Kier molecular flexibility index (Phi) is 8.23. The standard InChI is InChI=1S/C13H26N2O/c1-5-7-12(10-16-4)15-11-13(2,3)8-6-9-14/h12,15H,5-8,10-11H2,1-4H3. The molecule has 0 bridgehead atoms. The van der Waals surface area contributed by atoms with Crippen LogP contribution in [0.25, 0.3) is 0 Å². The molecule has 0 aliphatic heterocycles. The monoisotopic (exact) mass is 226 g/mol. The highest BCUT2D eigenvalue weighted by Crippen LogP contribution is 2.21. The lowest BCUT2D eigenvalue weighted by Gasteiger charge is -2.27. The van der Waals surface area contributed by atoms with Gasteiger partial charge in [0.25, 0.3) is 0 Å². The summed E-state index contributed by atoms with van der Waals surface area (Å²) in [6.45, 7) is 8.30. The van der Waals surface area contributed by atoms with Gasteiger partial charge in [0.05, 0.1) is 12.7 Å². The average molecular weight is 226 g/mol. The van der Waals surface area contributed by atoms with E-state index in [0.717, 1.165) is 26.0 Å². The van der Waals surface area contributed by atoms with E-state index in [1.54, 1.807) is 7.11 Å². The molecule has 0 radical (unpaired) electrons. The number of hydrogen-bond acceptors (Lipinski definition) is 3. The van der Waals surface area contributed by atoms with Crippen molar-refractivity contribution in [1.82, 2.24) is 5.32 Å². The smallest absolute Gasteiger partial charge is 0.0621 e. The Labute approximate surface area is 100 Å². The lowest BCUT2D eigenvalue weighted by Crippen LogP contribution is -2.39. The number of nitrogens with zero attached hydrogens (tertiary/aromatic N) is 1. The van der Waals surface area contributed by atoms with E-state index in [9.17, 15) is 0 Å². The Morgan fingerprint density at radius 2 is 2.12 bits per heavy atom. The van der Waals surface area contributed by atoms with E-state index in [2.05, 4.69) is 32.2 Å². The molecule has 0 rings (SSSR count). The molecule has 0 spiro atoms. The van der Waals surface area contributed by atoms with Gasteiger partial charge in [-0.1, -0.05) is 27.2 Å². The van der Waals surface area contributed by atoms with E-state index < -0.39 is 0 Å². The van der Waals surface area contributed by atoms with Crippen LogP contribution >= 0.6 is 0 Å². The highest BCUT2D eigenvalue weighted by atomic mass is 16.5. The van der Waals surface area contributed by atoms with Gasteiger partial charge in [0.1, 0.15) is 0 Å². The molecule has 0 saturated heterocycles. The van der Waals surface area contributed by atoms with Crippen LogP contribution in [0.5, 0.6) is 0 Å². The van der Waals surface area contributed by atoms with Gasteiger partial charge in [0, 0.05) is 26.1 Å². The lowest BCUT2D eigenvalue weighted by molar-refractivity contribution is 0.153. The first-order valence-corrected chi connectivity index (χ1v) is 6.15. The first kappa shape index (κ1) is 15.4. The second kappa shape index (κ2) is 8.55. The van der Waals surface area contributed by atoms with E-state index in [0.29, 0.717) is 12.5 Å². The fourth-order valence-electron chi connectivity index (χ4n) is 1.70. The van der Waals surface area contributed by atoms with Gasteiger partial charge in [-0.05, 0) is 18.3 Å². The van der Waals surface area contributed by atoms with Crippen LogP contribution in [0.1, 0.15) is 46.5 Å². The third kappa shape index (κ3) is 7.67. The van der Waals surface area contributed by atoms with Crippen molar-refractivity contribution >= 4 is 0 Å². The van der Waals surface area contributed by atoms with Crippen LogP contribution in [-0.2, 0) is 4.74 Å². The van der Waals surface area contributed by atoms with Crippen LogP contribution in [0.3, 0.4) is 0 Å². The van der Waals surface area contributed by atoms with Gasteiger partial charge in [0.2, 0.25) is 0 Å². The van der Waals surface area contributed by atoms with E-state index in [1.165, 1.54) is 6.42 Å². The molecule has 0 aromatic rings. The lowest BCUT2D eigenvalue weighted by atomic mass is 9.87. The summed E-state index contributed by atoms with van der Waals surface area (Å²) in [5, 5.41) is 12.1. The van der Waals surface area contributed by atoms with Crippen molar-refractivity contribution < 1.29 is 4.74 Å². The van der Waals surface area contributed by atoms with Crippen LogP contribution in [0.4, 0.5) is 0 Å². The van der Waals surface area contributed by atoms with Crippen LogP contribution in [0.2, 0.25) is 0 Å². The molecule has 0 amide bonds. The van der Waals surface area contributed by atoms with Crippen molar-refractivity contribution in [3.05, 3.63) is 0 Å². The third-order valence-corrected chi connectivity index (χ3v) is 2.79. The van der Waals surface area contributed by atoms with Crippen molar-refractivity contribution in [2.45, 2.75) is 52.5 Å². The molecule has 94 valence electrons. The van der Waals surface area contributed by atoms with E-state index in [-0.39, 0.29) is 5.41 Å². The van der Waals surface area contributed by atoms with Crippen LogP contribution < -0.4 is 5.32 Å². The summed E-state index contributed by atoms with van der Waals surface area (Å²) in [6.07, 6.45) is 3.89. The Balaban J connectivity index is 3.92. The van der Waals surface area contributed by atoms with Gasteiger partial charge in [-0.25, -0.2) is 0 Å². The zero-order valence-corrected chi connectivity index (χ0v) is 11.2. The SMILES string of the molecule is CCCC(COC)NCC(C)(C)CCC#N. The minimum absolute atomic E-state index is 0.190. The number of rotatable bonds is 9. The molecule has 0 heterocycles. The first-order valence-electron chi connectivity index (χ1n) is 6.15. The van der Waals surface area contributed by atoms with Gasteiger partial charge < -0.3 is 10.1 Å². The Hall–Kier alpha value is -0.590. The molecule has 0 fully saturated rings. The van der Waals surface area contributed by atoms with Gasteiger partial charge in [-0.2, -0.15) is 5.26 Å². The molecule has 1 N–H and O–H groups in total. The molecule has 0 aromatic heterocycles. The number of nitrogens with one attached hydrogen (secondary N) is 1. The number of methoxy groups -OCH3 is 1. The Morgan fingerprint density at radius 3 is 2.62 bits per heavy atom. The predicted molar refractivity (Wildman–Crippen MR) is 67.2 cm³/mol. The van der Waals surface area contributed by atoms with Crippen LogP contribution in [0.15, 0.2) is 0 Å². The van der Waals surface area contributed by atoms with E-state index in [1.807, 2.05) is 0 Å². The molecule has 3 heteroatoms. The van der Waals surface area contributed by atoms with Gasteiger partial charge in [-0.15, -0.1) is 0 Å². The Bertz CT molecular complexity index is 202. The summed E-state index contributed by atoms with van der Waals surface area (Å²) in [4.78, 5) is 0. The quantitative estimate of drug-likeness (QED) is 0.657. The maximum atomic E-state index is 8.59. The highest BCUT2D eigenvalue weighted by molar-refractivity contribution is 4.80. The van der Waals surface area contributed by atoms with Crippen molar-refractivity contribution in [2.75, 3.05) is 20.3 Å². The summed E-state index contributed by atoms with van der Waals surface area (Å²) in [6, 6.07) is 2.65. The molecule has 0 aliphatic carbocycles.